The zero-order valence-electron chi connectivity index (χ0n) is 9.77. The van der Waals surface area contributed by atoms with Gasteiger partial charge in [-0.05, 0) is 12.1 Å². The van der Waals surface area contributed by atoms with Crippen LogP contribution in [0, 0.1) is 0 Å². The van der Waals surface area contributed by atoms with Gasteiger partial charge in [0.15, 0.2) is 0 Å². The number of aryl methyl sites for hydroxylation is 1. The monoisotopic (exact) mass is 231 g/mol. The van der Waals surface area contributed by atoms with Crippen molar-refractivity contribution in [2.75, 3.05) is 7.11 Å². The highest BCUT2D eigenvalue weighted by Gasteiger charge is 2.16. The van der Waals surface area contributed by atoms with Crippen LogP contribution in [0.3, 0.4) is 0 Å². The Hall–Kier alpha value is -2.10. The van der Waals surface area contributed by atoms with E-state index in [4.69, 9.17) is 9.15 Å². The van der Waals surface area contributed by atoms with Gasteiger partial charge in [0.25, 0.3) is 5.89 Å². The summed E-state index contributed by atoms with van der Waals surface area (Å²) in [7, 11) is 1.60. The van der Waals surface area contributed by atoms with Gasteiger partial charge in [-0.1, -0.05) is 19.1 Å². The molecule has 0 N–H and O–H groups in total. The average molecular weight is 231 g/mol. The molecule has 4 heteroatoms. The van der Waals surface area contributed by atoms with Crippen molar-refractivity contribution in [1.82, 2.24) is 4.98 Å². The van der Waals surface area contributed by atoms with Crippen LogP contribution in [0.5, 0.6) is 5.75 Å². The molecule has 0 fully saturated rings. The van der Waals surface area contributed by atoms with Crippen LogP contribution in [-0.2, 0) is 6.42 Å². The Bertz CT molecular complexity index is 531. The van der Waals surface area contributed by atoms with Crippen LogP contribution in [0.1, 0.15) is 23.4 Å². The molecule has 0 atom stereocenters. The fourth-order valence-corrected chi connectivity index (χ4v) is 1.71. The van der Waals surface area contributed by atoms with Crippen molar-refractivity contribution in [1.29, 1.82) is 0 Å². The molecule has 1 aromatic carbocycles. The topological polar surface area (TPSA) is 52.3 Å². The maximum absolute atomic E-state index is 10.7. The molecule has 1 heterocycles. The molecule has 4 nitrogen and oxygen atoms in total. The first-order chi connectivity index (χ1) is 8.30. The van der Waals surface area contributed by atoms with E-state index in [1.807, 2.05) is 31.2 Å². The van der Waals surface area contributed by atoms with E-state index in [0.717, 1.165) is 5.56 Å². The van der Waals surface area contributed by atoms with Crippen molar-refractivity contribution in [3.8, 4) is 17.0 Å². The molecule has 0 bridgehead atoms. The normalized spacial score (nSPS) is 10.2. The lowest BCUT2D eigenvalue weighted by atomic mass is 10.1. The Balaban J connectivity index is 2.58. The van der Waals surface area contributed by atoms with Crippen LogP contribution >= 0.6 is 0 Å². The quantitative estimate of drug-likeness (QED) is 0.759. The highest BCUT2D eigenvalue weighted by molar-refractivity contribution is 5.74. The summed E-state index contributed by atoms with van der Waals surface area (Å²) in [6, 6.07) is 7.52. The Morgan fingerprint density at radius 2 is 2.18 bits per heavy atom. The predicted octanol–water partition coefficient (Wildman–Crippen LogP) is 2.73. The number of carbonyl (C=O) groups is 1. The van der Waals surface area contributed by atoms with Crippen molar-refractivity contribution in [2.45, 2.75) is 13.3 Å². The molecular weight excluding hydrogens is 218 g/mol. The van der Waals surface area contributed by atoms with E-state index in [2.05, 4.69) is 4.98 Å². The number of benzene rings is 1. The van der Waals surface area contributed by atoms with Gasteiger partial charge in [-0.25, -0.2) is 4.98 Å². The molecule has 88 valence electrons. The highest BCUT2D eigenvalue weighted by atomic mass is 16.5. The van der Waals surface area contributed by atoms with Gasteiger partial charge in [0.1, 0.15) is 17.2 Å². The summed E-state index contributed by atoms with van der Waals surface area (Å²) in [4.78, 5) is 14.8. The third kappa shape index (κ3) is 2.06. The standard InChI is InChI=1S/C13H13NO3/c1-3-10-13(14-12(8-15)17-10)9-6-4-5-7-11(9)16-2/h4-8H,3H2,1-2H3. The molecule has 0 radical (unpaired) electrons. The maximum atomic E-state index is 10.7. The molecule has 0 saturated carbocycles. The Kier molecular flexibility index (Phi) is 3.23. The summed E-state index contributed by atoms with van der Waals surface area (Å²) in [5.74, 6) is 1.51. The SMILES string of the molecule is CCc1oc(C=O)nc1-c1ccccc1OC. The number of oxazole rings is 1. The van der Waals surface area contributed by atoms with E-state index in [-0.39, 0.29) is 5.89 Å². The van der Waals surface area contributed by atoms with Crippen LogP contribution in [0.25, 0.3) is 11.3 Å². The molecule has 0 aliphatic heterocycles. The molecule has 2 rings (SSSR count). The van der Waals surface area contributed by atoms with Gasteiger partial charge >= 0.3 is 0 Å². The number of rotatable bonds is 4. The number of aldehydes is 1. The van der Waals surface area contributed by atoms with Gasteiger partial charge in [-0.2, -0.15) is 0 Å². The lowest BCUT2D eigenvalue weighted by Gasteiger charge is -2.05. The molecule has 0 aliphatic carbocycles. The van der Waals surface area contributed by atoms with Crippen molar-refractivity contribution in [3.63, 3.8) is 0 Å². The summed E-state index contributed by atoms with van der Waals surface area (Å²) in [6.45, 7) is 1.95. The summed E-state index contributed by atoms with van der Waals surface area (Å²) < 4.78 is 10.6. The van der Waals surface area contributed by atoms with Gasteiger partial charge in [0.2, 0.25) is 6.29 Å². The second-order valence-corrected chi connectivity index (χ2v) is 3.50. The number of ether oxygens (including phenoxy) is 1. The van der Waals surface area contributed by atoms with Crippen molar-refractivity contribution in [3.05, 3.63) is 35.9 Å². The predicted molar refractivity (Wildman–Crippen MR) is 63.3 cm³/mol. The van der Waals surface area contributed by atoms with Crippen LogP contribution in [0.4, 0.5) is 0 Å². The van der Waals surface area contributed by atoms with Gasteiger partial charge in [-0.3, -0.25) is 4.79 Å². The summed E-state index contributed by atoms with van der Waals surface area (Å²) in [5, 5.41) is 0. The number of carbonyl (C=O) groups excluding carboxylic acids is 1. The zero-order chi connectivity index (χ0) is 12.3. The molecular formula is C13H13NO3. The molecule has 0 unspecified atom stereocenters. The number of methoxy groups -OCH3 is 1. The smallest absolute Gasteiger partial charge is 0.260 e. The number of aromatic nitrogens is 1. The molecule has 0 aliphatic rings. The summed E-state index contributed by atoms with van der Waals surface area (Å²) >= 11 is 0. The van der Waals surface area contributed by atoms with E-state index in [1.165, 1.54) is 0 Å². The average Bonchev–Trinajstić information content (AvgIpc) is 2.81. The molecule has 17 heavy (non-hydrogen) atoms. The van der Waals surface area contributed by atoms with E-state index in [1.54, 1.807) is 7.11 Å². The minimum atomic E-state index is 0.0998. The fraction of sp³-hybridized carbons (Fsp3) is 0.231. The first-order valence-electron chi connectivity index (χ1n) is 5.38. The van der Waals surface area contributed by atoms with Crippen LogP contribution in [0.2, 0.25) is 0 Å². The van der Waals surface area contributed by atoms with Gasteiger partial charge in [-0.15, -0.1) is 0 Å². The molecule has 2 aromatic rings. The first kappa shape index (κ1) is 11.4. The Morgan fingerprint density at radius 3 is 2.82 bits per heavy atom. The Labute approximate surface area is 99.2 Å². The van der Waals surface area contributed by atoms with E-state index >= 15 is 0 Å². The second kappa shape index (κ2) is 4.82. The third-order valence-corrected chi connectivity index (χ3v) is 2.50. The maximum Gasteiger partial charge on any atom is 0.260 e. The van der Waals surface area contributed by atoms with Crippen LogP contribution < -0.4 is 4.74 Å². The molecule has 0 spiro atoms. The molecule has 1 aromatic heterocycles. The number of para-hydroxylation sites is 1. The van der Waals surface area contributed by atoms with E-state index in [0.29, 0.717) is 29.9 Å². The zero-order valence-corrected chi connectivity index (χ0v) is 9.77. The minimum Gasteiger partial charge on any atom is -0.496 e. The van der Waals surface area contributed by atoms with E-state index in [9.17, 15) is 4.79 Å². The third-order valence-electron chi connectivity index (χ3n) is 2.50. The van der Waals surface area contributed by atoms with Gasteiger partial charge < -0.3 is 9.15 Å². The van der Waals surface area contributed by atoms with Crippen LogP contribution in [-0.4, -0.2) is 18.4 Å². The van der Waals surface area contributed by atoms with Crippen LogP contribution in [0.15, 0.2) is 28.7 Å². The first-order valence-corrected chi connectivity index (χ1v) is 5.38. The number of hydrogen-bond acceptors (Lipinski definition) is 4. The summed E-state index contributed by atoms with van der Waals surface area (Å²) in [6.07, 6.45) is 1.28. The lowest BCUT2D eigenvalue weighted by Crippen LogP contribution is -1.90. The van der Waals surface area contributed by atoms with Crippen molar-refractivity contribution < 1.29 is 13.9 Å². The van der Waals surface area contributed by atoms with Gasteiger partial charge in [0.05, 0.1) is 7.11 Å². The van der Waals surface area contributed by atoms with E-state index < -0.39 is 0 Å². The molecule has 0 amide bonds. The minimum absolute atomic E-state index is 0.0998. The highest BCUT2D eigenvalue weighted by Crippen LogP contribution is 2.31. The van der Waals surface area contributed by atoms with Crippen molar-refractivity contribution >= 4 is 6.29 Å². The Morgan fingerprint density at radius 1 is 1.41 bits per heavy atom. The lowest BCUT2D eigenvalue weighted by molar-refractivity contribution is 0.109. The largest absolute Gasteiger partial charge is 0.496 e. The van der Waals surface area contributed by atoms with Gasteiger partial charge in [0, 0.05) is 12.0 Å². The van der Waals surface area contributed by atoms with Crippen molar-refractivity contribution in [2.24, 2.45) is 0 Å². The number of hydrogen-bond donors (Lipinski definition) is 0. The second-order valence-electron chi connectivity index (χ2n) is 3.50. The fourth-order valence-electron chi connectivity index (χ4n) is 1.71. The number of nitrogens with zero attached hydrogens (tertiary/aromatic N) is 1. The molecule has 0 saturated heterocycles. The summed E-state index contributed by atoms with van der Waals surface area (Å²) in [5.41, 5.74) is 1.51.